The van der Waals surface area contributed by atoms with E-state index < -0.39 is 5.79 Å². The van der Waals surface area contributed by atoms with Crippen LogP contribution in [0.5, 0.6) is 5.75 Å². The van der Waals surface area contributed by atoms with Crippen molar-refractivity contribution in [3.8, 4) is 5.75 Å². The zero-order chi connectivity index (χ0) is 14.0. The van der Waals surface area contributed by atoms with Crippen LogP contribution in [0, 0.1) is 0 Å². The molecule has 20 heavy (non-hydrogen) atoms. The SMILES string of the molecule is COc1ccc(C2(O)CC(c3ccccc3)=NO2)cc1. The van der Waals surface area contributed by atoms with Crippen molar-refractivity contribution in [1.29, 1.82) is 0 Å². The standard InChI is InChI=1S/C16H15NO3/c1-19-14-9-7-13(8-10-14)16(18)11-15(17-20-16)12-5-3-2-4-6-12/h2-10,18H,11H2,1H3. The molecule has 4 heteroatoms. The molecule has 1 N–H and O–H groups in total. The maximum absolute atomic E-state index is 10.6. The van der Waals surface area contributed by atoms with E-state index in [1.165, 1.54) is 0 Å². The number of hydrogen-bond acceptors (Lipinski definition) is 4. The maximum atomic E-state index is 10.6. The highest BCUT2D eigenvalue weighted by Crippen LogP contribution is 2.34. The number of aliphatic hydroxyl groups is 1. The minimum atomic E-state index is -1.41. The summed E-state index contributed by atoms with van der Waals surface area (Å²) in [6, 6.07) is 16.8. The molecule has 2 aromatic rings. The number of hydrogen-bond donors (Lipinski definition) is 1. The van der Waals surface area contributed by atoms with Crippen molar-refractivity contribution in [2.75, 3.05) is 7.11 Å². The van der Waals surface area contributed by atoms with Gasteiger partial charge in [-0.25, -0.2) is 0 Å². The van der Waals surface area contributed by atoms with Gasteiger partial charge in [0.25, 0.3) is 5.79 Å². The summed E-state index contributed by atoms with van der Waals surface area (Å²) in [4.78, 5) is 5.27. The summed E-state index contributed by atoms with van der Waals surface area (Å²) in [5, 5.41) is 14.6. The van der Waals surface area contributed by atoms with Crippen LogP contribution in [0.1, 0.15) is 17.5 Å². The van der Waals surface area contributed by atoms with Crippen molar-refractivity contribution in [3.63, 3.8) is 0 Å². The van der Waals surface area contributed by atoms with Crippen LogP contribution in [0.25, 0.3) is 0 Å². The fourth-order valence-electron chi connectivity index (χ4n) is 2.21. The second kappa shape index (κ2) is 4.98. The highest BCUT2D eigenvalue weighted by molar-refractivity contribution is 6.01. The predicted octanol–water partition coefficient (Wildman–Crippen LogP) is 2.66. The van der Waals surface area contributed by atoms with Crippen molar-refractivity contribution in [2.45, 2.75) is 12.2 Å². The number of oxime groups is 1. The molecule has 3 rings (SSSR count). The topological polar surface area (TPSA) is 51.0 Å². The summed E-state index contributed by atoms with van der Waals surface area (Å²) in [6.45, 7) is 0. The first-order valence-electron chi connectivity index (χ1n) is 6.39. The zero-order valence-electron chi connectivity index (χ0n) is 11.1. The minimum absolute atomic E-state index is 0.323. The van der Waals surface area contributed by atoms with Gasteiger partial charge in [0.15, 0.2) is 0 Å². The molecule has 0 saturated carbocycles. The lowest BCUT2D eigenvalue weighted by molar-refractivity contribution is -0.193. The van der Waals surface area contributed by atoms with Crippen LogP contribution >= 0.6 is 0 Å². The molecule has 0 aromatic heterocycles. The van der Waals surface area contributed by atoms with Gasteiger partial charge in [0, 0.05) is 5.56 Å². The van der Waals surface area contributed by atoms with Crippen molar-refractivity contribution in [3.05, 3.63) is 65.7 Å². The van der Waals surface area contributed by atoms with Gasteiger partial charge in [0.2, 0.25) is 0 Å². The first-order chi connectivity index (χ1) is 9.71. The number of methoxy groups -OCH3 is 1. The smallest absolute Gasteiger partial charge is 0.266 e. The molecule has 0 amide bonds. The summed E-state index contributed by atoms with van der Waals surface area (Å²) < 4.78 is 5.10. The minimum Gasteiger partial charge on any atom is -0.497 e. The summed E-state index contributed by atoms with van der Waals surface area (Å²) in [5.41, 5.74) is 2.36. The van der Waals surface area contributed by atoms with Gasteiger partial charge < -0.3 is 14.7 Å². The van der Waals surface area contributed by atoms with Crippen LogP contribution < -0.4 is 4.74 Å². The Labute approximate surface area is 117 Å². The number of ether oxygens (including phenoxy) is 1. The van der Waals surface area contributed by atoms with E-state index in [1.54, 1.807) is 31.4 Å². The Morgan fingerprint density at radius 1 is 1.10 bits per heavy atom. The fourth-order valence-corrected chi connectivity index (χ4v) is 2.21. The summed E-state index contributed by atoms with van der Waals surface area (Å²) in [6.07, 6.45) is 0.323. The third kappa shape index (κ3) is 2.26. The zero-order valence-corrected chi connectivity index (χ0v) is 11.1. The largest absolute Gasteiger partial charge is 0.497 e. The van der Waals surface area contributed by atoms with Crippen molar-refractivity contribution in [1.82, 2.24) is 0 Å². The molecule has 0 saturated heterocycles. The van der Waals surface area contributed by atoms with Gasteiger partial charge in [-0.05, 0) is 29.8 Å². The summed E-state index contributed by atoms with van der Waals surface area (Å²) in [7, 11) is 1.60. The molecule has 2 aromatic carbocycles. The van der Waals surface area contributed by atoms with Crippen LogP contribution in [-0.4, -0.2) is 17.9 Å². The molecule has 1 atom stereocenters. The Kier molecular flexibility index (Phi) is 3.16. The summed E-state index contributed by atoms with van der Waals surface area (Å²) in [5.74, 6) is -0.670. The number of benzene rings is 2. The van der Waals surface area contributed by atoms with Gasteiger partial charge in [-0.2, -0.15) is 0 Å². The van der Waals surface area contributed by atoms with E-state index in [2.05, 4.69) is 5.16 Å². The molecule has 0 fully saturated rings. The quantitative estimate of drug-likeness (QED) is 0.932. The Morgan fingerprint density at radius 3 is 2.45 bits per heavy atom. The molecule has 0 radical (unpaired) electrons. The van der Waals surface area contributed by atoms with Crippen LogP contribution in [0.3, 0.4) is 0 Å². The van der Waals surface area contributed by atoms with Gasteiger partial charge >= 0.3 is 0 Å². The molecule has 1 aliphatic heterocycles. The van der Waals surface area contributed by atoms with Gasteiger partial charge in [0.1, 0.15) is 5.75 Å². The third-order valence-corrected chi connectivity index (χ3v) is 3.36. The maximum Gasteiger partial charge on any atom is 0.266 e. The highest BCUT2D eigenvalue weighted by atomic mass is 16.7. The second-order valence-electron chi connectivity index (χ2n) is 4.68. The van der Waals surface area contributed by atoms with Crippen LogP contribution in [0.2, 0.25) is 0 Å². The number of nitrogens with zero attached hydrogens (tertiary/aromatic N) is 1. The van der Waals surface area contributed by atoms with E-state index in [-0.39, 0.29) is 0 Å². The Bertz CT molecular complexity index is 622. The Hall–Kier alpha value is -2.33. The monoisotopic (exact) mass is 269 g/mol. The van der Waals surface area contributed by atoms with E-state index in [0.29, 0.717) is 12.0 Å². The molecule has 102 valence electrons. The second-order valence-corrected chi connectivity index (χ2v) is 4.68. The lowest BCUT2D eigenvalue weighted by atomic mass is 9.97. The van der Waals surface area contributed by atoms with Crippen molar-refractivity contribution in [2.24, 2.45) is 5.16 Å². The molecule has 0 bridgehead atoms. The molecular formula is C16H15NO3. The molecule has 0 spiro atoms. The van der Waals surface area contributed by atoms with Gasteiger partial charge in [-0.3, -0.25) is 0 Å². The van der Waals surface area contributed by atoms with Crippen molar-refractivity contribution >= 4 is 5.71 Å². The van der Waals surface area contributed by atoms with Gasteiger partial charge in [-0.15, -0.1) is 0 Å². The molecule has 1 aliphatic rings. The van der Waals surface area contributed by atoms with Crippen molar-refractivity contribution < 1.29 is 14.7 Å². The van der Waals surface area contributed by atoms with Crippen LogP contribution in [0.4, 0.5) is 0 Å². The van der Waals surface area contributed by atoms with Gasteiger partial charge in [0.05, 0.1) is 19.2 Å². The first-order valence-corrected chi connectivity index (χ1v) is 6.39. The van der Waals surface area contributed by atoms with Crippen LogP contribution in [0.15, 0.2) is 59.8 Å². The highest BCUT2D eigenvalue weighted by Gasteiger charge is 2.39. The van der Waals surface area contributed by atoms with E-state index >= 15 is 0 Å². The lowest BCUT2D eigenvalue weighted by Gasteiger charge is -2.20. The van der Waals surface area contributed by atoms with Crippen LogP contribution in [-0.2, 0) is 10.6 Å². The van der Waals surface area contributed by atoms with E-state index in [9.17, 15) is 5.11 Å². The van der Waals surface area contributed by atoms with Gasteiger partial charge in [-0.1, -0.05) is 35.5 Å². The molecule has 1 heterocycles. The molecular weight excluding hydrogens is 254 g/mol. The van der Waals surface area contributed by atoms with E-state index in [4.69, 9.17) is 9.57 Å². The van der Waals surface area contributed by atoms with E-state index in [0.717, 1.165) is 17.0 Å². The van der Waals surface area contributed by atoms with E-state index in [1.807, 2.05) is 30.3 Å². The normalized spacial score (nSPS) is 21.2. The Morgan fingerprint density at radius 2 is 1.80 bits per heavy atom. The fraction of sp³-hybridized carbons (Fsp3) is 0.188. The molecule has 1 unspecified atom stereocenters. The third-order valence-electron chi connectivity index (χ3n) is 3.36. The Balaban J connectivity index is 1.82. The predicted molar refractivity (Wildman–Crippen MR) is 75.6 cm³/mol. The lowest BCUT2D eigenvalue weighted by Crippen LogP contribution is -2.25. The number of rotatable bonds is 3. The molecule has 4 nitrogen and oxygen atoms in total. The average molecular weight is 269 g/mol. The molecule has 0 aliphatic carbocycles. The first kappa shape index (κ1) is 12.7. The average Bonchev–Trinajstić information content (AvgIpc) is 2.92. The summed E-state index contributed by atoms with van der Waals surface area (Å²) >= 11 is 0.